The van der Waals surface area contributed by atoms with E-state index in [9.17, 15) is 5.11 Å². The topological polar surface area (TPSA) is 52.5 Å². The van der Waals surface area contributed by atoms with Crippen LogP contribution in [0.15, 0.2) is 12.3 Å². The van der Waals surface area contributed by atoms with Crippen LogP contribution in [0.2, 0.25) is 0 Å². The van der Waals surface area contributed by atoms with Crippen LogP contribution in [0.4, 0.5) is 11.8 Å². The van der Waals surface area contributed by atoms with Gasteiger partial charge in [0, 0.05) is 33.4 Å². The smallest absolute Gasteiger partial charge is 0.226 e. The maximum absolute atomic E-state index is 9.63. The summed E-state index contributed by atoms with van der Waals surface area (Å²) in [6, 6.07) is 1.86. The van der Waals surface area contributed by atoms with Gasteiger partial charge in [0.2, 0.25) is 5.95 Å². The van der Waals surface area contributed by atoms with Crippen molar-refractivity contribution in [1.82, 2.24) is 9.97 Å². The third kappa shape index (κ3) is 2.02. The Labute approximate surface area is 89.4 Å². The summed E-state index contributed by atoms with van der Waals surface area (Å²) in [5, 5.41) is 9.63. The second-order valence-electron chi connectivity index (χ2n) is 4.46. The van der Waals surface area contributed by atoms with Crippen LogP contribution in [0.5, 0.6) is 0 Å². The molecule has 0 aromatic carbocycles. The molecule has 15 heavy (non-hydrogen) atoms. The Morgan fingerprint density at radius 1 is 1.47 bits per heavy atom. The quantitative estimate of drug-likeness (QED) is 0.748. The average Bonchev–Trinajstić information content (AvgIpc) is 2.14. The summed E-state index contributed by atoms with van der Waals surface area (Å²) in [5.41, 5.74) is -0.566. The van der Waals surface area contributed by atoms with E-state index in [1.165, 1.54) is 0 Å². The number of hydrogen-bond acceptors (Lipinski definition) is 5. The summed E-state index contributed by atoms with van der Waals surface area (Å²) in [6.07, 6.45) is 1.74. The number of hydrogen-bond donors (Lipinski definition) is 1. The summed E-state index contributed by atoms with van der Waals surface area (Å²) in [6.45, 7) is 3.10. The zero-order chi connectivity index (χ0) is 11.1. The molecule has 0 radical (unpaired) electrons. The summed E-state index contributed by atoms with van der Waals surface area (Å²) in [5.74, 6) is 1.57. The minimum atomic E-state index is -0.566. The van der Waals surface area contributed by atoms with Gasteiger partial charge in [-0.15, -0.1) is 0 Å². The van der Waals surface area contributed by atoms with E-state index in [-0.39, 0.29) is 0 Å². The highest BCUT2D eigenvalue weighted by molar-refractivity contribution is 5.46. The summed E-state index contributed by atoms with van der Waals surface area (Å²) >= 11 is 0. The molecule has 1 aliphatic rings. The second kappa shape index (κ2) is 3.34. The highest BCUT2D eigenvalue weighted by atomic mass is 16.3. The maximum atomic E-state index is 9.63. The third-order valence-corrected chi connectivity index (χ3v) is 2.42. The van der Waals surface area contributed by atoms with E-state index in [1.807, 2.05) is 36.9 Å². The minimum absolute atomic E-state index is 0.566. The fourth-order valence-electron chi connectivity index (χ4n) is 1.67. The van der Waals surface area contributed by atoms with Crippen LogP contribution in [0.25, 0.3) is 0 Å². The molecule has 1 N–H and O–H groups in total. The lowest BCUT2D eigenvalue weighted by atomic mass is 9.97. The van der Waals surface area contributed by atoms with Gasteiger partial charge >= 0.3 is 0 Å². The van der Waals surface area contributed by atoms with Crippen molar-refractivity contribution in [3.63, 3.8) is 0 Å². The second-order valence-corrected chi connectivity index (χ2v) is 4.46. The predicted octanol–water partition coefficient (Wildman–Crippen LogP) is 0.114. The minimum Gasteiger partial charge on any atom is -0.386 e. The lowest BCUT2D eigenvalue weighted by Gasteiger charge is -2.44. The monoisotopic (exact) mass is 208 g/mol. The van der Waals surface area contributed by atoms with E-state index < -0.39 is 5.60 Å². The molecule has 0 unspecified atom stereocenters. The maximum Gasteiger partial charge on any atom is 0.226 e. The molecule has 0 aliphatic carbocycles. The Morgan fingerprint density at radius 2 is 2.13 bits per heavy atom. The molecule has 0 spiro atoms. The Balaban J connectivity index is 2.13. The third-order valence-electron chi connectivity index (χ3n) is 2.42. The van der Waals surface area contributed by atoms with Gasteiger partial charge in [0.05, 0.1) is 5.60 Å². The molecule has 1 aromatic rings. The molecular weight excluding hydrogens is 192 g/mol. The first kappa shape index (κ1) is 10.2. The van der Waals surface area contributed by atoms with Crippen LogP contribution in [-0.4, -0.2) is 47.9 Å². The van der Waals surface area contributed by atoms with Crippen LogP contribution in [0.1, 0.15) is 6.92 Å². The highest BCUT2D eigenvalue weighted by Crippen LogP contribution is 2.25. The van der Waals surface area contributed by atoms with E-state index in [1.54, 1.807) is 6.20 Å². The molecule has 2 rings (SSSR count). The van der Waals surface area contributed by atoms with Crippen LogP contribution in [-0.2, 0) is 0 Å². The average molecular weight is 208 g/mol. The predicted molar refractivity (Wildman–Crippen MR) is 59.2 cm³/mol. The molecule has 0 saturated carbocycles. The Kier molecular flexibility index (Phi) is 2.26. The zero-order valence-corrected chi connectivity index (χ0v) is 9.30. The Bertz CT molecular complexity index is 356. The van der Waals surface area contributed by atoms with E-state index in [0.717, 1.165) is 5.82 Å². The van der Waals surface area contributed by atoms with Gasteiger partial charge < -0.3 is 14.9 Å². The van der Waals surface area contributed by atoms with Crippen molar-refractivity contribution in [3.8, 4) is 0 Å². The van der Waals surface area contributed by atoms with E-state index >= 15 is 0 Å². The van der Waals surface area contributed by atoms with Crippen molar-refractivity contribution in [2.45, 2.75) is 12.5 Å². The molecule has 5 heteroatoms. The van der Waals surface area contributed by atoms with Gasteiger partial charge in [0.15, 0.2) is 0 Å². The summed E-state index contributed by atoms with van der Waals surface area (Å²) in [7, 11) is 3.82. The molecule has 1 aromatic heterocycles. The highest BCUT2D eigenvalue weighted by Gasteiger charge is 2.37. The zero-order valence-electron chi connectivity index (χ0n) is 9.30. The summed E-state index contributed by atoms with van der Waals surface area (Å²) in [4.78, 5) is 12.4. The number of aliphatic hydroxyl groups is 1. The van der Waals surface area contributed by atoms with Crippen molar-refractivity contribution < 1.29 is 5.11 Å². The van der Waals surface area contributed by atoms with E-state index in [4.69, 9.17) is 0 Å². The van der Waals surface area contributed by atoms with Crippen LogP contribution in [0, 0.1) is 0 Å². The number of rotatable bonds is 2. The van der Waals surface area contributed by atoms with Gasteiger partial charge in [-0.2, -0.15) is 4.98 Å². The van der Waals surface area contributed by atoms with E-state index in [0.29, 0.717) is 19.0 Å². The normalized spacial score (nSPS) is 18.5. The molecule has 1 fully saturated rings. The summed E-state index contributed by atoms with van der Waals surface area (Å²) < 4.78 is 0. The lowest BCUT2D eigenvalue weighted by Crippen LogP contribution is -2.60. The fourth-order valence-corrected chi connectivity index (χ4v) is 1.67. The van der Waals surface area contributed by atoms with Gasteiger partial charge in [-0.1, -0.05) is 0 Å². The Hall–Kier alpha value is -1.36. The number of anilines is 2. The van der Waals surface area contributed by atoms with Crippen molar-refractivity contribution in [1.29, 1.82) is 0 Å². The largest absolute Gasteiger partial charge is 0.386 e. The van der Waals surface area contributed by atoms with Gasteiger partial charge in [0.1, 0.15) is 5.82 Å². The van der Waals surface area contributed by atoms with Crippen LogP contribution >= 0.6 is 0 Å². The van der Waals surface area contributed by atoms with Gasteiger partial charge in [-0.05, 0) is 13.0 Å². The molecule has 1 saturated heterocycles. The SMILES string of the molecule is CN(C)c1nccc(N2CC(C)(O)C2)n1. The molecule has 2 heterocycles. The molecule has 5 nitrogen and oxygen atoms in total. The number of nitrogens with zero attached hydrogens (tertiary/aromatic N) is 4. The standard InChI is InChI=1S/C10H16N4O/c1-10(15)6-14(7-10)8-4-5-11-9(12-8)13(2)3/h4-5,15H,6-7H2,1-3H3. The molecule has 0 bridgehead atoms. The van der Waals surface area contributed by atoms with Gasteiger partial charge in [0.25, 0.3) is 0 Å². The van der Waals surface area contributed by atoms with Crippen molar-refractivity contribution >= 4 is 11.8 Å². The van der Waals surface area contributed by atoms with Gasteiger partial charge in [-0.3, -0.25) is 0 Å². The van der Waals surface area contributed by atoms with Gasteiger partial charge in [-0.25, -0.2) is 4.98 Å². The lowest BCUT2D eigenvalue weighted by molar-refractivity contribution is 0.0305. The number of aromatic nitrogens is 2. The van der Waals surface area contributed by atoms with Crippen molar-refractivity contribution in [3.05, 3.63) is 12.3 Å². The van der Waals surface area contributed by atoms with E-state index in [2.05, 4.69) is 9.97 Å². The van der Waals surface area contributed by atoms with Crippen LogP contribution in [0.3, 0.4) is 0 Å². The van der Waals surface area contributed by atoms with Crippen molar-refractivity contribution in [2.24, 2.45) is 0 Å². The number of β-amino-alcohol motifs (C(OH)–C–C–N with tert-alkyl or cyclic N) is 1. The molecule has 1 aliphatic heterocycles. The fraction of sp³-hybridized carbons (Fsp3) is 0.600. The Morgan fingerprint density at radius 3 is 2.67 bits per heavy atom. The molecule has 82 valence electrons. The molecule has 0 atom stereocenters. The molecular formula is C10H16N4O. The van der Waals surface area contributed by atoms with Crippen LogP contribution < -0.4 is 9.80 Å². The molecule has 0 amide bonds. The first-order valence-electron chi connectivity index (χ1n) is 4.96. The first-order valence-corrected chi connectivity index (χ1v) is 4.96. The first-order chi connectivity index (χ1) is 6.98. The van der Waals surface area contributed by atoms with Crippen molar-refractivity contribution in [2.75, 3.05) is 37.0 Å².